The van der Waals surface area contributed by atoms with Gasteiger partial charge in [0.25, 0.3) is 5.91 Å². The zero-order valence-corrected chi connectivity index (χ0v) is 17.1. The molecule has 0 aliphatic carbocycles. The van der Waals surface area contributed by atoms with Gasteiger partial charge in [-0.1, -0.05) is 54.6 Å². The van der Waals surface area contributed by atoms with E-state index in [1.807, 2.05) is 42.2 Å². The summed E-state index contributed by atoms with van der Waals surface area (Å²) in [5, 5.41) is 2.97. The molecule has 2 amide bonds. The Morgan fingerprint density at radius 2 is 1.83 bits per heavy atom. The highest BCUT2D eigenvalue weighted by atomic mass is 16.2. The summed E-state index contributed by atoms with van der Waals surface area (Å²) in [4.78, 5) is 30.5. The molecule has 0 spiro atoms. The highest BCUT2D eigenvalue weighted by molar-refractivity contribution is 5.92. The molecule has 0 radical (unpaired) electrons. The predicted molar refractivity (Wildman–Crippen MR) is 117 cm³/mol. The van der Waals surface area contributed by atoms with Crippen LogP contribution >= 0.6 is 0 Å². The van der Waals surface area contributed by atoms with Crippen LogP contribution in [0.25, 0.3) is 11.1 Å². The summed E-state index contributed by atoms with van der Waals surface area (Å²) in [6.07, 6.45) is 1.61. The summed E-state index contributed by atoms with van der Waals surface area (Å²) >= 11 is 0. The average Bonchev–Trinajstić information content (AvgIpc) is 3.17. The van der Waals surface area contributed by atoms with Gasteiger partial charge >= 0.3 is 0 Å². The second-order valence-electron chi connectivity index (χ2n) is 7.62. The van der Waals surface area contributed by atoms with E-state index in [4.69, 9.17) is 0 Å². The number of aromatic nitrogens is 1. The van der Waals surface area contributed by atoms with E-state index in [0.29, 0.717) is 25.2 Å². The Morgan fingerprint density at radius 1 is 1.03 bits per heavy atom. The van der Waals surface area contributed by atoms with Crippen molar-refractivity contribution >= 4 is 11.8 Å². The Morgan fingerprint density at radius 3 is 2.57 bits per heavy atom. The van der Waals surface area contributed by atoms with E-state index in [1.54, 1.807) is 6.07 Å². The van der Waals surface area contributed by atoms with Crippen LogP contribution in [0.4, 0.5) is 0 Å². The Labute approximate surface area is 176 Å². The molecule has 0 atom stereocenters. The van der Waals surface area contributed by atoms with Gasteiger partial charge < -0.3 is 10.2 Å². The number of carbonyl (C=O) groups excluding carboxylic acids is 2. The molecule has 5 nitrogen and oxygen atoms in total. The number of nitrogens with one attached hydrogen (secondary N) is 1. The number of carbonyl (C=O) groups is 2. The van der Waals surface area contributed by atoms with Crippen LogP contribution in [0.1, 0.15) is 40.2 Å². The van der Waals surface area contributed by atoms with Crippen LogP contribution < -0.4 is 5.32 Å². The zero-order valence-electron chi connectivity index (χ0n) is 17.1. The normalized spacial score (nSPS) is 13.5. The maximum absolute atomic E-state index is 12.4. The Hall–Kier alpha value is -3.47. The molecular formula is C25H25N3O2. The van der Waals surface area contributed by atoms with Gasteiger partial charge in [0, 0.05) is 31.7 Å². The fraction of sp³-hybridized carbons (Fsp3) is 0.240. The second kappa shape index (κ2) is 8.91. The molecule has 152 valence electrons. The van der Waals surface area contributed by atoms with Crippen LogP contribution in [0, 0.1) is 6.92 Å². The fourth-order valence-electron chi connectivity index (χ4n) is 3.77. The van der Waals surface area contributed by atoms with Gasteiger partial charge in [-0.25, -0.2) is 4.98 Å². The summed E-state index contributed by atoms with van der Waals surface area (Å²) < 4.78 is 0. The van der Waals surface area contributed by atoms with Gasteiger partial charge in [-0.05, 0) is 47.7 Å². The van der Waals surface area contributed by atoms with Crippen molar-refractivity contribution in [3.05, 3.63) is 89.2 Å². The predicted octanol–water partition coefficient (Wildman–Crippen LogP) is 4.11. The number of nitrogens with zero attached hydrogens (tertiary/aromatic N) is 2. The van der Waals surface area contributed by atoms with Crippen molar-refractivity contribution in [1.29, 1.82) is 0 Å². The molecule has 0 saturated carbocycles. The number of amides is 2. The molecule has 3 aromatic rings. The van der Waals surface area contributed by atoms with Gasteiger partial charge in [-0.15, -0.1) is 0 Å². The van der Waals surface area contributed by atoms with E-state index in [2.05, 4.69) is 40.6 Å². The fourth-order valence-corrected chi connectivity index (χ4v) is 3.77. The molecule has 5 heteroatoms. The number of benzene rings is 2. The molecule has 0 unspecified atom stereocenters. The van der Waals surface area contributed by atoms with E-state index in [9.17, 15) is 9.59 Å². The lowest BCUT2D eigenvalue weighted by atomic mass is 9.98. The summed E-state index contributed by atoms with van der Waals surface area (Å²) in [7, 11) is 0. The number of likely N-dealkylation sites (tertiary alicyclic amines) is 1. The molecule has 2 aromatic carbocycles. The molecule has 1 saturated heterocycles. The van der Waals surface area contributed by atoms with Crippen molar-refractivity contribution in [3.63, 3.8) is 0 Å². The zero-order chi connectivity index (χ0) is 20.9. The highest BCUT2D eigenvalue weighted by Gasteiger charge is 2.20. The maximum Gasteiger partial charge on any atom is 0.270 e. The second-order valence-corrected chi connectivity index (χ2v) is 7.62. The smallest absolute Gasteiger partial charge is 0.270 e. The van der Waals surface area contributed by atoms with Gasteiger partial charge in [0.05, 0.1) is 0 Å². The van der Waals surface area contributed by atoms with Gasteiger partial charge in [0.1, 0.15) is 5.69 Å². The van der Waals surface area contributed by atoms with Crippen molar-refractivity contribution in [1.82, 2.24) is 15.2 Å². The van der Waals surface area contributed by atoms with Crippen molar-refractivity contribution in [2.75, 3.05) is 6.54 Å². The number of hydrogen-bond acceptors (Lipinski definition) is 3. The minimum Gasteiger partial charge on any atom is -0.347 e. The van der Waals surface area contributed by atoms with E-state index < -0.39 is 0 Å². The first-order valence-corrected chi connectivity index (χ1v) is 10.3. The van der Waals surface area contributed by atoms with Gasteiger partial charge in [0.15, 0.2) is 0 Å². The van der Waals surface area contributed by atoms with Gasteiger partial charge in [-0.2, -0.15) is 0 Å². The summed E-state index contributed by atoms with van der Waals surface area (Å²) in [5.41, 5.74) is 5.59. The lowest BCUT2D eigenvalue weighted by Gasteiger charge is -2.16. The number of aryl methyl sites for hydroxylation is 1. The summed E-state index contributed by atoms with van der Waals surface area (Å²) in [6.45, 7) is 3.81. The van der Waals surface area contributed by atoms with Crippen LogP contribution in [0.15, 0.2) is 66.7 Å². The lowest BCUT2D eigenvalue weighted by molar-refractivity contribution is -0.128. The molecule has 1 aliphatic heterocycles. The quantitative estimate of drug-likeness (QED) is 0.679. The Balaban J connectivity index is 1.46. The van der Waals surface area contributed by atoms with Crippen molar-refractivity contribution < 1.29 is 9.59 Å². The topological polar surface area (TPSA) is 62.3 Å². The van der Waals surface area contributed by atoms with E-state index in [-0.39, 0.29) is 11.8 Å². The molecule has 4 rings (SSSR count). The van der Waals surface area contributed by atoms with Crippen LogP contribution in [-0.2, 0) is 17.9 Å². The first-order chi connectivity index (χ1) is 14.6. The van der Waals surface area contributed by atoms with Gasteiger partial charge in [0.2, 0.25) is 5.91 Å². The SMILES string of the molecule is Cc1cccc(C(=O)NCc2ccccc2-c2ccc(CN3CCCC3=O)cc2)n1. The average molecular weight is 399 g/mol. The molecule has 1 fully saturated rings. The largest absolute Gasteiger partial charge is 0.347 e. The van der Waals surface area contributed by atoms with Crippen LogP contribution in [0.2, 0.25) is 0 Å². The van der Waals surface area contributed by atoms with Crippen LogP contribution in [0.3, 0.4) is 0 Å². The third kappa shape index (κ3) is 4.57. The first-order valence-electron chi connectivity index (χ1n) is 10.3. The molecule has 1 aromatic heterocycles. The Bertz CT molecular complexity index is 1060. The third-order valence-corrected chi connectivity index (χ3v) is 5.39. The standard InChI is InChI=1S/C25H25N3O2/c1-18-6-4-9-23(27-18)25(30)26-16-21-7-2-3-8-22(21)20-13-11-19(12-14-20)17-28-15-5-10-24(28)29/h2-4,6-9,11-14H,5,10,15-17H2,1H3,(H,26,30). The van der Waals surface area contributed by atoms with Crippen LogP contribution in [0.5, 0.6) is 0 Å². The molecule has 30 heavy (non-hydrogen) atoms. The lowest BCUT2D eigenvalue weighted by Crippen LogP contribution is -2.24. The molecule has 1 aliphatic rings. The number of pyridine rings is 1. The van der Waals surface area contributed by atoms with Crippen molar-refractivity contribution in [2.45, 2.75) is 32.9 Å². The molecule has 2 heterocycles. The monoisotopic (exact) mass is 399 g/mol. The van der Waals surface area contributed by atoms with E-state index in [0.717, 1.165) is 40.9 Å². The van der Waals surface area contributed by atoms with Crippen molar-refractivity contribution in [2.24, 2.45) is 0 Å². The summed E-state index contributed by atoms with van der Waals surface area (Å²) in [6, 6.07) is 21.8. The Kier molecular flexibility index (Phi) is 5.89. The molecular weight excluding hydrogens is 374 g/mol. The third-order valence-electron chi connectivity index (χ3n) is 5.39. The van der Waals surface area contributed by atoms with E-state index in [1.165, 1.54) is 0 Å². The molecule has 1 N–H and O–H groups in total. The summed E-state index contributed by atoms with van der Waals surface area (Å²) in [5.74, 6) is 0.0578. The minimum atomic E-state index is -0.181. The maximum atomic E-state index is 12.4. The highest BCUT2D eigenvalue weighted by Crippen LogP contribution is 2.25. The first kappa shape index (κ1) is 19.8. The molecule has 0 bridgehead atoms. The van der Waals surface area contributed by atoms with Crippen molar-refractivity contribution in [3.8, 4) is 11.1 Å². The number of rotatable bonds is 6. The minimum absolute atomic E-state index is 0.181. The van der Waals surface area contributed by atoms with Crippen LogP contribution in [-0.4, -0.2) is 28.2 Å². The number of hydrogen-bond donors (Lipinski definition) is 1. The van der Waals surface area contributed by atoms with E-state index >= 15 is 0 Å². The van der Waals surface area contributed by atoms with Gasteiger partial charge in [-0.3, -0.25) is 9.59 Å².